The van der Waals surface area contributed by atoms with Crippen LogP contribution in [0.3, 0.4) is 0 Å². The predicted octanol–water partition coefficient (Wildman–Crippen LogP) is 2.92. The number of carbonyl (C=O) groups excluding carboxylic acids is 2. The molecule has 0 aromatic heterocycles. The number of rotatable bonds is 5. The van der Waals surface area contributed by atoms with Gasteiger partial charge < -0.3 is 19.4 Å². The van der Waals surface area contributed by atoms with Gasteiger partial charge in [-0.1, -0.05) is 49.6 Å². The molecule has 2 heterocycles. The molecular formula is C25H37N3O3. The van der Waals surface area contributed by atoms with Crippen LogP contribution in [0.4, 0.5) is 0 Å². The smallest absolute Gasteiger partial charge is 0.242 e. The highest BCUT2D eigenvalue weighted by Crippen LogP contribution is 2.26. The summed E-state index contributed by atoms with van der Waals surface area (Å²) in [5.74, 6) is 0.263. The Labute approximate surface area is 186 Å². The lowest BCUT2D eigenvalue weighted by Crippen LogP contribution is -2.47. The van der Waals surface area contributed by atoms with Gasteiger partial charge in [0, 0.05) is 25.0 Å². The standard InChI is InChI=1S/C25H37N3O3/c1-26-14-12-21(13-15-26)25(30)27-16-23(31-19-20-8-4-2-5-9-20)17-28(24(29)18-27)22-10-6-3-7-11-22/h2,4-5,8-9,21-23H,3,6-7,10-19H2,1H3. The van der Waals surface area contributed by atoms with Crippen LogP contribution in [-0.4, -0.2) is 78.4 Å². The molecule has 1 unspecified atom stereocenters. The van der Waals surface area contributed by atoms with Crippen molar-refractivity contribution in [3.63, 3.8) is 0 Å². The molecular weight excluding hydrogens is 390 g/mol. The van der Waals surface area contributed by atoms with Crippen molar-refractivity contribution in [2.45, 2.75) is 63.7 Å². The summed E-state index contributed by atoms with van der Waals surface area (Å²) in [6, 6.07) is 10.4. The van der Waals surface area contributed by atoms with Gasteiger partial charge in [-0.15, -0.1) is 0 Å². The number of benzene rings is 1. The van der Waals surface area contributed by atoms with Crippen molar-refractivity contribution in [2.75, 3.05) is 39.8 Å². The van der Waals surface area contributed by atoms with Crippen molar-refractivity contribution < 1.29 is 14.3 Å². The summed E-state index contributed by atoms with van der Waals surface area (Å²) in [6.07, 6.45) is 7.37. The maximum absolute atomic E-state index is 13.3. The average molecular weight is 428 g/mol. The summed E-state index contributed by atoms with van der Waals surface area (Å²) in [5, 5.41) is 0. The fourth-order valence-electron chi connectivity index (χ4n) is 5.26. The lowest BCUT2D eigenvalue weighted by atomic mass is 9.94. The molecule has 2 saturated heterocycles. The van der Waals surface area contributed by atoms with Crippen molar-refractivity contribution >= 4 is 11.8 Å². The second-order valence-corrected chi connectivity index (χ2v) is 9.55. The normalized spacial score (nSPS) is 24.9. The molecule has 2 amide bonds. The van der Waals surface area contributed by atoms with Gasteiger partial charge in [0.1, 0.15) is 0 Å². The number of piperidine rings is 1. The van der Waals surface area contributed by atoms with Gasteiger partial charge in [0.2, 0.25) is 11.8 Å². The van der Waals surface area contributed by atoms with E-state index in [0.29, 0.717) is 25.7 Å². The zero-order valence-corrected chi connectivity index (χ0v) is 18.9. The van der Waals surface area contributed by atoms with E-state index in [9.17, 15) is 9.59 Å². The Bertz CT molecular complexity index is 727. The van der Waals surface area contributed by atoms with E-state index in [4.69, 9.17) is 4.74 Å². The highest BCUT2D eigenvalue weighted by molar-refractivity contribution is 5.86. The molecule has 3 fully saturated rings. The molecule has 4 rings (SSSR count). The largest absolute Gasteiger partial charge is 0.370 e. The van der Waals surface area contributed by atoms with Crippen LogP contribution in [0.5, 0.6) is 0 Å². The summed E-state index contributed by atoms with van der Waals surface area (Å²) in [4.78, 5) is 32.7. The van der Waals surface area contributed by atoms with Crippen molar-refractivity contribution in [1.29, 1.82) is 0 Å². The summed E-state index contributed by atoms with van der Waals surface area (Å²) >= 11 is 0. The molecule has 0 N–H and O–H groups in total. The fraction of sp³-hybridized carbons (Fsp3) is 0.680. The summed E-state index contributed by atoms with van der Waals surface area (Å²) in [7, 11) is 2.10. The van der Waals surface area contributed by atoms with Crippen LogP contribution in [0.25, 0.3) is 0 Å². The molecule has 6 nitrogen and oxygen atoms in total. The molecule has 3 aliphatic rings. The topological polar surface area (TPSA) is 53.1 Å². The van der Waals surface area contributed by atoms with Crippen molar-refractivity contribution in [2.24, 2.45) is 5.92 Å². The highest BCUT2D eigenvalue weighted by atomic mass is 16.5. The number of hydrogen-bond donors (Lipinski definition) is 0. The molecule has 0 radical (unpaired) electrons. The zero-order valence-electron chi connectivity index (χ0n) is 18.9. The van der Waals surface area contributed by atoms with Gasteiger partial charge in [-0.05, 0) is 51.4 Å². The first-order valence-corrected chi connectivity index (χ1v) is 12.0. The van der Waals surface area contributed by atoms with Crippen LogP contribution in [0.15, 0.2) is 30.3 Å². The SMILES string of the molecule is CN1CCC(C(=O)N2CC(=O)N(C3CCCCC3)CC(OCc3ccccc3)C2)CC1. The average Bonchev–Trinajstić information content (AvgIpc) is 2.98. The Morgan fingerprint density at radius 2 is 1.71 bits per heavy atom. The third-order valence-corrected chi connectivity index (χ3v) is 7.19. The minimum absolute atomic E-state index is 0.0278. The van der Waals surface area contributed by atoms with E-state index in [-0.39, 0.29) is 30.4 Å². The summed E-state index contributed by atoms with van der Waals surface area (Å²) < 4.78 is 6.31. The summed E-state index contributed by atoms with van der Waals surface area (Å²) in [5.41, 5.74) is 1.12. The van der Waals surface area contributed by atoms with E-state index >= 15 is 0 Å². The number of likely N-dealkylation sites (tertiary alicyclic amines) is 1. The van der Waals surface area contributed by atoms with E-state index in [1.165, 1.54) is 19.3 Å². The van der Waals surface area contributed by atoms with Crippen LogP contribution in [0.1, 0.15) is 50.5 Å². The molecule has 1 aliphatic carbocycles. The highest BCUT2D eigenvalue weighted by Gasteiger charge is 2.37. The molecule has 1 atom stereocenters. The van der Waals surface area contributed by atoms with Crippen molar-refractivity contribution in [1.82, 2.24) is 14.7 Å². The quantitative estimate of drug-likeness (QED) is 0.725. The van der Waals surface area contributed by atoms with Gasteiger partial charge in [-0.3, -0.25) is 9.59 Å². The first-order chi connectivity index (χ1) is 15.1. The molecule has 170 valence electrons. The minimum atomic E-state index is -0.149. The van der Waals surface area contributed by atoms with Crippen LogP contribution in [0, 0.1) is 5.92 Å². The Kier molecular flexibility index (Phi) is 7.62. The van der Waals surface area contributed by atoms with Crippen LogP contribution < -0.4 is 0 Å². The second kappa shape index (κ2) is 10.6. The summed E-state index contributed by atoms with van der Waals surface area (Å²) in [6.45, 7) is 3.70. The Hall–Kier alpha value is -1.92. The van der Waals surface area contributed by atoms with Gasteiger partial charge in [0.15, 0.2) is 0 Å². The van der Waals surface area contributed by atoms with Gasteiger partial charge in [-0.2, -0.15) is 0 Å². The van der Waals surface area contributed by atoms with Crippen molar-refractivity contribution in [3.8, 4) is 0 Å². The molecule has 1 aromatic carbocycles. The van der Waals surface area contributed by atoms with E-state index in [1.54, 1.807) is 4.90 Å². The molecule has 0 spiro atoms. The van der Waals surface area contributed by atoms with E-state index in [1.807, 2.05) is 23.1 Å². The molecule has 0 bridgehead atoms. The molecule has 31 heavy (non-hydrogen) atoms. The van der Waals surface area contributed by atoms with Crippen LogP contribution >= 0.6 is 0 Å². The van der Waals surface area contributed by atoms with Gasteiger partial charge in [0.25, 0.3) is 0 Å². The zero-order chi connectivity index (χ0) is 21.6. The lowest BCUT2D eigenvalue weighted by molar-refractivity contribution is -0.143. The van der Waals surface area contributed by atoms with Gasteiger partial charge in [0.05, 0.1) is 19.3 Å². The number of amides is 2. The maximum Gasteiger partial charge on any atom is 0.242 e. The molecule has 1 aromatic rings. The second-order valence-electron chi connectivity index (χ2n) is 9.55. The maximum atomic E-state index is 13.3. The minimum Gasteiger partial charge on any atom is -0.370 e. The van der Waals surface area contributed by atoms with E-state index < -0.39 is 0 Å². The van der Waals surface area contributed by atoms with E-state index in [2.05, 4.69) is 24.1 Å². The molecule has 1 saturated carbocycles. The number of carbonyl (C=O) groups is 2. The fourth-order valence-corrected chi connectivity index (χ4v) is 5.26. The van der Waals surface area contributed by atoms with Gasteiger partial charge >= 0.3 is 0 Å². The van der Waals surface area contributed by atoms with Gasteiger partial charge in [-0.25, -0.2) is 0 Å². The number of nitrogens with zero attached hydrogens (tertiary/aromatic N) is 3. The van der Waals surface area contributed by atoms with Crippen LogP contribution in [-0.2, 0) is 20.9 Å². The number of ether oxygens (including phenoxy) is 1. The van der Waals surface area contributed by atoms with E-state index in [0.717, 1.165) is 44.3 Å². The molecule has 2 aliphatic heterocycles. The predicted molar refractivity (Wildman–Crippen MR) is 120 cm³/mol. The first-order valence-electron chi connectivity index (χ1n) is 12.0. The Morgan fingerprint density at radius 3 is 2.42 bits per heavy atom. The monoisotopic (exact) mass is 427 g/mol. The third-order valence-electron chi connectivity index (χ3n) is 7.19. The first kappa shape index (κ1) is 22.3. The third kappa shape index (κ3) is 5.86. The van der Waals surface area contributed by atoms with Crippen LogP contribution in [0.2, 0.25) is 0 Å². The Morgan fingerprint density at radius 1 is 1.00 bits per heavy atom. The Balaban J connectivity index is 1.47. The lowest BCUT2D eigenvalue weighted by Gasteiger charge is -2.34. The van der Waals surface area contributed by atoms with Crippen molar-refractivity contribution in [3.05, 3.63) is 35.9 Å². The molecule has 6 heteroatoms. The number of hydrogen-bond acceptors (Lipinski definition) is 4.